The highest BCUT2D eigenvalue weighted by Crippen LogP contribution is 2.31. The highest BCUT2D eigenvalue weighted by molar-refractivity contribution is 6.30. The van der Waals surface area contributed by atoms with E-state index in [4.69, 9.17) is 25.8 Å². The van der Waals surface area contributed by atoms with E-state index in [9.17, 15) is 9.59 Å². The molecule has 0 radical (unpaired) electrons. The lowest BCUT2D eigenvalue weighted by atomic mass is 10.2. The minimum Gasteiger partial charge on any atom is -0.465 e. The Labute approximate surface area is 196 Å². The van der Waals surface area contributed by atoms with E-state index in [-0.39, 0.29) is 24.6 Å². The van der Waals surface area contributed by atoms with Crippen molar-refractivity contribution in [1.29, 1.82) is 0 Å². The average Bonchev–Trinajstić information content (AvgIpc) is 3.33. The van der Waals surface area contributed by atoms with Gasteiger partial charge in [0, 0.05) is 37.5 Å². The number of nitrogens with zero attached hydrogens (tertiary/aromatic N) is 4. The molecule has 9 nitrogen and oxygen atoms in total. The molecule has 0 saturated carbocycles. The van der Waals surface area contributed by atoms with Crippen LogP contribution in [0.2, 0.25) is 5.02 Å². The van der Waals surface area contributed by atoms with Crippen molar-refractivity contribution in [2.24, 2.45) is 0 Å². The van der Waals surface area contributed by atoms with Gasteiger partial charge in [-0.25, -0.2) is 14.6 Å². The molecular formula is C23H27ClN4O5. The van der Waals surface area contributed by atoms with Crippen molar-refractivity contribution >= 4 is 28.9 Å². The zero-order chi connectivity index (χ0) is 23.8. The van der Waals surface area contributed by atoms with Gasteiger partial charge >= 0.3 is 11.8 Å². The molecule has 1 amide bonds. The van der Waals surface area contributed by atoms with Gasteiger partial charge in [-0.15, -0.1) is 0 Å². The number of ether oxygens (including phenoxy) is 3. The zero-order valence-corrected chi connectivity index (χ0v) is 19.8. The first-order valence-corrected chi connectivity index (χ1v) is 11.0. The number of fused-ring (bicyclic) bond motifs is 1. The van der Waals surface area contributed by atoms with Crippen molar-refractivity contribution in [1.82, 2.24) is 19.0 Å². The molecular weight excluding hydrogens is 448 g/mol. The van der Waals surface area contributed by atoms with Crippen LogP contribution < -0.4 is 10.4 Å². The molecule has 1 fully saturated rings. The Morgan fingerprint density at radius 2 is 2.06 bits per heavy atom. The van der Waals surface area contributed by atoms with Gasteiger partial charge in [-0.1, -0.05) is 11.6 Å². The molecule has 3 heterocycles. The lowest BCUT2D eigenvalue weighted by Crippen LogP contribution is -2.36. The number of likely N-dealkylation sites (tertiary alicyclic amines) is 1. The number of benzene rings is 1. The lowest BCUT2D eigenvalue weighted by molar-refractivity contribution is 0.0289. The number of hydrogen-bond acceptors (Lipinski definition) is 6. The van der Waals surface area contributed by atoms with E-state index in [0.717, 1.165) is 0 Å². The fraction of sp³-hybridized carbons (Fsp3) is 0.435. The monoisotopic (exact) mass is 474 g/mol. The smallest absolute Gasteiger partial charge is 0.410 e. The highest BCUT2D eigenvalue weighted by Gasteiger charge is 2.33. The van der Waals surface area contributed by atoms with Gasteiger partial charge < -0.3 is 19.1 Å². The maximum atomic E-state index is 13.7. The molecule has 0 N–H and O–H groups in total. The second-order valence-corrected chi connectivity index (χ2v) is 9.30. The summed E-state index contributed by atoms with van der Waals surface area (Å²) in [5.74, 6) is 0.413. The van der Waals surface area contributed by atoms with Crippen LogP contribution in [0.15, 0.2) is 41.3 Å². The second kappa shape index (κ2) is 9.07. The molecule has 3 aromatic rings. The van der Waals surface area contributed by atoms with Crippen LogP contribution in [0, 0.1) is 0 Å². The third-order valence-corrected chi connectivity index (χ3v) is 5.54. The van der Waals surface area contributed by atoms with Gasteiger partial charge in [-0.2, -0.15) is 0 Å². The van der Waals surface area contributed by atoms with E-state index < -0.39 is 5.60 Å². The number of pyridine rings is 1. The molecule has 33 heavy (non-hydrogen) atoms. The van der Waals surface area contributed by atoms with Crippen LogP contribution >= 0.6 is 11.6 Å². The molecule has 10 heteroatoms. The highest BCUT2D eigenvalue weighted by atomic mass is 35.5. The SMILES string of the molecule is COCOc1cc(Cl)ccc1-n1c(=O)n(C2CCN(C(=O)OC(C)(C)C)C2)c2ncccc21. The Morgan fingerprint density at radius 1 is 1.27 bits per heavy atom. The Bertz CT molecular complexity index is 1230. The zero-order valence-electron chi connectivity index (χ0n) is 19.1. The van der Waals surface area contributed by atoms with E-state index in [2.05, 4.69) is 4.98 Å². The van der Waals surface area contributed by atoms with Crippen molar-refractivity contribution in [3.63, 3.8) is 0 Å². The largest absolute Gasteiger partial charge is 0.465 e. The quantitative estimate of drug-likeness (QED) is 0.519. The number of carbonyl (C=O) groups excluding carboxylic acids is 1. The Balaban J connectivity index is 1.76. The van der Waals surface area contributed by atoms with Gasteiger partial charge in [0.2, 0.25) is 0 Å². The summed E-state index contributed by atoms with van der Waals surface area (Å²) >= 11 is 6.17. The molecule has 4 rings (SSSR count). The van der Waals surface area contributed by atoms with Crippen molar-refractivity contribution in [2.75, 3.05) is 27.0 Å². The van der Waals surface area contributed by atoms with E-state index in [0.29, 0.717) is 47.1 Å². The van der Waals surface area contributed by atoms with Crippen LogP contribution in [0.4, 0.5) is 4.79 Å². The van der Waals surface area contributed by atoms with Crippen molar-refractivity contribution < 1.29 is 19.0 Å². The second-order valence-electron chi connectivity index (χ2n) is 8.87. The topological polar surface area (TPSA) is 87.8 Å². The normalized spacial score (nSPS) is 16.4. The number of imidazole rings is 1. The minimum absolute atomic E-state index is 0.00641. The van der Waals surface area contributed by atoms with Crippen LogP contribution in [-0.4, -0.2) is 57.7 Å². The predicted octanol–water partition coefficient (Wildman–Crippen LogP) is 4.01. The third kappa shape index (κ3) is 4.69. The van der Waals surface area contributed by atoms with E-state index in [1.54, 1.807) is 44.5 Å². The maximum Gasteiger partial charge on any atom is 0.410 e. The van der Waals surface area contributed by atoms with E-state index in [1.165, 1.54) is 7.11 Å². The fourth-order valence-electron chi connectivity index (χ4n) is 3.97. The number of methoxy groups -OCH3 is 1. The first kappa shape index (κ1) is 23.1. The number of aromatic nitrogens is 3. The summed E-state index contributed by atoms with van der Waals surface area (Å²) < 4.78 is 19.4. The molecule has 1 aliphatic rings. The van der Waals surface area contributed by atoms with Gasteiger partial charge in [-0.3, -0.25) is 9.13 Å². The van der Waals surface area contributed by atoms with Crippen LogP contribution in [0.3, 0.4) is 0 Å². The van der Waals surface area contributed by atoms with Crippen molar-refractivity contribution in [3.8, 4) is 11.4 Å². The molecule has 1 unspecified atom stereocenters. The average molecular weight is 475 g/mol. The van der Waals surface area contributed by atoms with Gasteiger partial charge in [0.25, 0.3) is 0 Å². The van der Waals surface area contributed by atoms with Crippen LogP contribution in [0.5, 0.6) is 5.75 Å². The van der Waals surface area contributed by atoms with Gasteiger partial charge in [0.15, 0.2) is 12.4 Å². The Morgan fingerprint density at radius 3 is 2.79 bits per heavy atom. The first-order valence-electron chi connectivity index (χ1n) is 10.7. The van der Waals surface area contributed by atoms with E-state index in [1.807, 2.05) is 26.8 Å². The van der Waals surface area contributed by atoms with Gasteiger partial charge in [0.1, 0.15) is 11.4 Å². The summed E-state index contributed by atoms with van der Waals surface area (Å²) in [6, 6.07) is 8.43. The standard InChI is InChI=1S/C23H27ClN4O5/c1-23(2,3)33-22(30)26-11-9-16(13-26)27-20-18(6-5-10-25-20)28(21(27)29)17-8-7-15(24)12-19(17)32-14-31-4/h5-8,10,12,16H,9,11,13-14H2,1-4H3. The third-order valence-electron chi connectivity index (χ3n) is 5.31. The number of amides is 1. The van der Waals surface area contributed by atoms with Crippen molar-refractivity contribution in [2.45, 2.75) is 38.8 Å². The summed E-state index contributed by atoms with van der Waals surface area (Å²) in [4.78, 5) is 32.4. The number of carbonyl (C=O) groups is 1. The predicted molar refractivity (Wildman–Crippen MR) is 124 cm³/mol. The number of rotatable bonds is 5. The minimum atomic E-state index is -0.587. The van der Waals surface area contributed by atoms with Gasteiger partial charge in [0.05, 0.1) is 17.2 Å². The van der Waals surface area contributed by atoms with Crippen molar-refractivity contribution in [3.05, 3.63) is 52.0 Å². The molecule has 1 atom stereocenters. The number of halogens is 1. The molecule has 0 spiro atoms. The summed E-state index contributed by atoms with van der Waals surface area (Å²) in [7, 11) is 1.52. The Kier molecular flexibility index (Phi) is 6.36. The summed E-state index contributed by atoms with van der Waals surface area (Å²) in [5, 5.41) is 0.476. The molecule has 0 aliphatic carbocycles. The molecule has 176 valence electrons. The Hall–Kier alpha value is -3.04. The first-order chi connectivity index (χ1) is 15.7. The molecule has 2 aromatic heterocycles. The molecule has 1 saturated heterocycles. The van der Waals surface area contributed by atoms with Gasteiger partial charge in [-0.05, 0) is 51.5 Å². The molecule has 1 aromatic carbocycles. The maximum absolute atomic E-state index is 13.7. The fourth-order valence-corrected chi connectivity index (χ4v) is 4.13. The van der Waals surface area contributed by atoms with Crippen LogP contribution in [0.1, 0.15) is 33.2 Å². The summed E-state index contributed by atoms with van der Waals surface area (Å²) in [6.07, 6.45) is 1.87. The summed E-state index contributed by atoms with van der Waals surface area (Å²) in [5.41, 5.74) is 0.829. The van der Waals surface area contributed by atoms with E-state index >= 15 is 0 Å². The van der Waals surface area contributed by atoms with Crippen LogP contribution in [-0.2, 0) is 9.47 Å². The molecule has 1 aliphatic heterocycles. The molecule has 0 bridgehead atoms. The van der Waals surface area contributed by atoms with Crippen LogP contribution in [0.25, 0.3) is 16.9 Å². The number of hydrogen-bond donors (Lipinski definition) is 0. The lowest BCUT2D eigenvalue weighted by Gasteiger charge is -2.24. The summed E-state index contributed by atoms with van der Waals surface area (Å²) in [6.45, 7) is 6.35.